The van der Waals surface area contributed by atoms with E-state index in [4.69, 9.17) is 0 Å². The maximum atomic E-state index is 13.4. The monoisotopic (exact) mass is 459 g/mol. The summed E-state index contributed by atoms with van der Waals surface area (Å²) in [5, 5.41) is 9.01. The molecule has 2 aromatic rings. The molecule has 3 fully saturated rings. The van der Waals surface area contributed by atoms with Gasteiger partial charge in [-0.2, -0.15) is 0 Å². The van der Waals surface area contributed by atoms with Crippen molar-refractivity contribution >= 4 is 5.78 Å². The number of rotatable bonds is 2. The van der Waals surface area contributed by atoms with Crippen LogP contribution < -0.4 is 0 Å². The van der Waals surface area contributed by atoms with E-state index in [0.717, 1.165) is 30.5 Å². The van der Waals surface area contributed by atoms with Crippen molar-refractivity contribution in [3.63, 3.8) is 0 Å². The van der Waals surface area contributed by atoms with Gasteiger partial charge in [-0.15, -0.1) is 5.10 Å². The van der Waals surface area contributed by atoms with E-state index in [2.05, 4.69) is 41.8 Å². The fraction of sp³-hybridized carbons (Fsp3) is 0.552. The number of hydrogen-bond acceptors (Lipinski definition) is 3. The van der Waals surface area contributed by atoms with Crippen LogP contribution in [0.1, 0.15) is 71.8 Å². The Hall–Kier alpha value is -2.56. The molecule has 1 aromatic carbocycles. The fourth-order valence-electron chi connectivity index (χ4n) is 8.38. The molecule has 0 aliphatic heterocycles. The minimum Gasteiger partial charge on any atom is -0.295 e. The summed E-state index contributed by atoms with van der Waals surface area (Å²) in [6, 6.07) is 6.70. The van der Waals surface area contributed by atoms with Crippen LogP contribution in [0.4, 0.5) is 4.39 Å². The van der Waals surface area contributed by atoms with Crippen molar-refractivity contribution in [2.24, 2.45) is 28.6 Å². The SMILES string of the molecule is C/C=C1/[C@@H](n2cc(-c3ccc(F)cc3)nn2)C[C@H]2[C@@H]3CCC4=CC(=O)CC[C@]4(C)[C@H]3CC[C@]12C. The van der Waals surface area contributed by atoms with Gasteiger partial charge >= 0.3 is 0 Å². The Bertz CT molecular complexity index is 1190. The van der Waals surface area contributed by atoms with Gasteiger partial charge in [-0.1, -0.05) is 30.7 Å². The van der Waals surface area contributed by atoms with Crippen molar-refractivity contribution in [2.75, 3.05) is 0 Å². The Morgan fingerprint density at radius 1 is 1.06 bits per heavy atom. The number of halogens is 1. The summed E-state index contributed by atoms with van der Waals surface area (Å²) in [7, 11) is 0. The predicted octanol–water partition coefficient (Wildman–Crippen LogP) is 6.71. The van der Waals surface area contributed by atoms with Gasteiger partial charge in [0.1, 0.15) is 11.5 Å². The molecule has 0 radical (unpaired) electrons. The van der Waals surface area contributed by atoms with Gasteiger partial charge in [0.2, 0.25) is 0 Å². The Morgan fingerprint density at radius 2 is 1.85 bits per heavy atom. The first kappa shape index (κ1) is 21.9. The highest BCUT2D eigenvalue weighted by Crippen LogP contribution is 2.68. The molecule has 3 saturated carbocycles. The van der Waals surface area contributed by atoms with E-state index in [9.17, 15) is 9.18 Å². The van der Waals surface area contributed by atoms with E-state index >= 15 is 0 Å². The lowest BCUT2D eigenvalue weighted by molar-refractivity contribution is -0.117. The van der Waals surface area contributed by atoms with Crippen LogP contribution in [0.2, 0.25) is 0 Å². The van der Waals surface area contributed by atoms with Gasteiger partial charge in [-0.05, 0) is 110 Å². The van der Waals surface area contributed by atoms with E-state index < -0.39 is 0 Å². The molecule has 4 aliphatic rings. The highest BCUT2D eigenvalue weighted by atomic mass is 19.1. The summed E-state index contributed by atoms with van der Waals surface area (Å²) >= 11 is 0. The summed E-state index contributed by atoms with van der Waals surface area (Å²) < 4.78 is 15.4. The summed E-state index contributed by atoms with van der Waals surface area (Å²) in [5.41, 5.74) is 4.98. The summed E-state index contributed by atoms with van der Waals surface area (Å²) in [4.78, 5) is 12.1. The van der Waals surface area contributed by atoms with Crippen LogP contribution in [0.5, 0.6) is 0 Å². The van der Waals surface area contributed by atoms with Gasteiger partial charge in [-0.3, -0.25) is 4.79 Å². The molecule has 1 aromatic heterocycles. The minimum atomic E-state index is -0.240. The number of carbonyl (C=O) groups is 1. The van der Waals surface area contributed by atoms with Crippen LogP contribution >= 0.6 is 0 Å². The molecule has 1 heterocycles. The first-order chi connectivity index (χ1) is 16.3. The highest BCUT2D eigenvalue weighted by Gasteiger charge is 2.59. The van der Waals surface area contributed by atoms with Crippen molar-refractivity contribution < 1.29 is 9.18 Å². The van der Waals surface area contributed by atoms with Crippen molar-refractivity contribution in [1.82, 2.24) is 15.0 Å². The van der Waals surface area contributed by atoms with Crippen LogP contribution in [-0.4, -0.2) is 20.8 Å². The third kappa shape index (κ3) is 3.11. The first-order valence-electron chi connectivity index (χ1n) is 12.9. The Balaban J connectivity index is 1.32. The third-order valence-corrected chi connectivity index (χ3v) is 10.1. The molecule has 5 heteroatoms. The number of aromatic nitrogens is 3. The van der Waals surface area contributed by atoms with E-state index in [1.54, 1.807) is 12.1 Å². The van der Waals surface area contributed by atoms with Gasteiger partial charge < -0.3 is 0 Å². The lowest BCUT2D eigenvalue weighted by Crippen LogP contribution is -2.49. The first-order valence-corrected chi connectivity index (χ1v) is 12.9. The number of hydrogen-bond donors (Lipinski definition) is 0. The Morgan fingerprint density at radius 3 is 2.62 bits per heavy atom. The minimum absolute atomic E-state index is 0.185. The molecule has 178 valence electrons. The van der Waals surface area contributed by atoms with Gasteiger partial charge in [0.25, 0.3) is 0 Å². The number of ketones is 1. The zero-order valence-electron chi connectivity index (χ0n) is 20.4. The average Bonchev–Trinajstić information content (AvgIpc) is 3.42. The second kappa shape index (κ2) is 7.73. The van der Waals surface area contributed by atoms with Crippen molar-refractivity contribution in [3.8, 4) is 11.3 Å². The second-order valence-electron chi connectivity index (χ2n) is 11.5. The Kier molecular flexibility index (Phi) is 4.98. The van der Waals surface area contributed by atoms with Crippen molar-refractivity contribution in [3.05, 3.63) is 59.6 Å². The molecule has 0 spiro atoms. The van der Waals surface area contributed by atoms with E-state index in [1.165, 1.54) is 42.5 Å². The van der Waals surface area contributed by atoms with Crippen molar-refractivity contribution in [1.29, 1.82) is 0 Å². The van der Waals surface area contributed by atoms with Crippen LogP contribution in [0.25, 0.3) is 11.3 Å². The molecule has 6 atom stereocenters. The summed E-state index contributed by atoms with van der Waals surface area (Å²) in [6.45, 7) is 7.11. The van der Waals surface area contributed by atoms with E-state index in [1.807, 2.05) is 12.3 Å². The molecule has 34 heavy (non-hydrogen) atoms. The smallest absolute Gasteiger partial charge is 0.155 e. The van der Waals surface area contributed by atoms with Crippen LogP contribution in [0.15, 0.2) is 53.8 Å². The normalized spacial score (nSPS) is 38.3. The number of benzene rings is 1. The predicted molar refractivity (Wildman–Crippen MR) is 130 cm³/mol. The second-order valence-corrected chi connectivity index (χ2v) is 11.5. The third-order valence-electron chi connectivity index (χ3n) is 10.1. The lowest BCUT2D eigenvalue weighted by Gasteiger charge is -2.57. The molecule has 0 N–H and O–H groups in total. The number of carbonyl (C=O) groups excluding carboxylic acids is 1. The van der Waals surface area contributed by atoms with Crippen molar-refractivity contribution in [2.45, 2.75) is 71.8 Å². The van der Waals surface area contributed by atoms with Gasteiger partial charge in [-0.25, -0.2) is 9.07 Å². The number of allylic oxidation sites excluding steroid dienone is 3. The molecule has 0 unspecified atom stereocenters. The largest absolute Gasteiger partial charge is 0.295 e. The average molecular weight is 460 g/mol. The molecular formula is C29H34FN3O. The topological polar surface area (TPSA) is 47.8 Å². The van der Waals surface area contributed by atoms with Crippen LogP contribution in [0, 0.1) is 34.4 Å². The maximum Gasteiger partial charge on any atom is 0.155 e. The zero-order valence-corrected chi connectivity index (χ0v) is 20.4. The summed E-state index contributed by atoms with van der Waals surface area (Å²) in [6.07, 6.45) is 13.9. The lowest BCUT2D eigenvalue weighted by atomic mass is 9.47. The standard InChI is InChI=1S/C29H34FN3O/c1-4-23-27(33-17-26(31-32-33)18-5-8-20(30)9-6-18)16-25-22-10-7-19-15-21(34)11-13-28(19,2)24(22)12-14-29(23,25)3/h4-6,8-9,15,17,22,24-25,27H,7,10-14,16H2,1-3H3/b23-4-/t22-,24+,25+,27+,28+,29-/m1/s1. The molecule has 4 nitrogen and oxygen atoms in total. The molecule has 4 aliphatic carbocycles. The number of nitrogens with zero attached hydrogens (tertiary/aromatic N) is 3. The fourth-order valence-corrected chi connectivity index (χ4v) is 8.38. The van der Waals surface area contributed by atoms with Gasteiger partial charge in [0.05, 0.1) is 12.2 Å². The quantitative estimate of drug-likeness (QED) is 0.469. The molecule has 0 saturated heterocycles. The molecule has 0 amide bonds. The van der Waals surface area contributed by atoms with Crippen LogP contribution in [-0.2, 0) is 4.79 Å². The Labute approximate surface area is 201 Å². The number of fused-ring (bicyclic) bond motifs is 5. The van der Waals surface area contributed by atoms with Crippen LogP contribution in [0.3, 0.4) is 0 Å². The molecule has 6 rings (SSSR count). The van der Waals surface area contributed by atoms with Gasteiger partial charge in [0, 0.05) is 12.0 Å². The zero-order chi connectivity index (χ0) is 23.7. The highest BCUT2D eigenvalue weighted by molar-refractivity contribution is 5.91. The van der Waals surface area contributed by atoms with E-state index in [-0.39, 0.29) is 22.7 Å². The van der Waals surface area contributed by atoms with E-state index in [0.29, 0.717) is 30.0 Å². The molecular weight excluding hydrogens is 425 g/mol. The maximum absolute atomic E-state index is 13.4. The van der Waals surface area contributed by atoms with Gasteiger partial charge in [0.15, 0.2) is 5.78 Å². The summed E-state index contributed by atoms with van der Waals surface area (Å²) in [5.74, 6) is 2.06. The molecule has 0 bridgehead atoms.